The zero-order valence-corrected chi connectivity index (χ0v) is 17.5. The Kier molecular flexibility index (Phi) is 5.86. The number of amides is 1. The van der Waals surface area contributed by atoms with Crippen molar-refractivity contribution in [3.63, 3.8) is 0 Å². The first-order chi connectivity index (χ1) is 14.6. The molecule has 2 aromatic carbocycles. The van der Waals surface area contributed by atoms with E-state index in [0.717, 1.165) is 34.8 Å². The van der Waals surface area contributed by atoms with Gasteiger partial charge in [-0.15, -0.1) is 0 Å². The Morgan fingerprint density at radius 1 is 1.10 bits per heavy atom. The fraction of sp³-hybridized carbons (Fsp3) is 0.261. The summed E-state index contributed by atoms with van der Waals surface area (Å²) in [6, 6.07) is 15.4. The molecule has 0 unspecified atom stereocenters. The summed E-state index contributed by atoms with van der Waals surface area (Å²) in [6.45, 7) is 3.18. The van der Waals surface area contributed by atoms with E-state index in [1.807, 2.05) is 53.1 Å². The number of aromatic nitrogens is 3. The molecule has 4 rings (SSSR count). The summed E-state index contributed by atoms with van der Waals surface area (Å²) in [5, 5.41) is 9.63. The second-order valence-electron chi connectivity index (χ2n) is 7.26. The fourth-order valence-electron chi connectivity index (χ4n) is 3.75. The molecule has 6 nitrogen and oxygen atoms in total. The average molecular weight is 423 g/mol. The van der Waals surface area contributed by atoms with Gasteiger partial charge in [-0.3, -0.25) is 9.59 Å². The molecule has 0 radical (unpaired) electrons. The van der Waals surface area contributed by atoms with Crippen LogP contribution in [0.1, 0.15) is 18.9 Å². The van der Waals surface area contributed by atoms with E-state index in [0.29, 0.717) is 23.5 Å². The number of aryl methyl sites for hydroxylation is 1. The Morgan fingerprint density at radius 2 is 1.87 bits per heavy atom. The summed E-state index contributed by atoms with van der Waals surface area (Å²) in [7, 11) is 0. The zero-order chi connectivity index (χ0) is 21.1. The number of para-hydroxylation sites is 1. The van der Waals surface area contributed by atoms with Gasteiger partial charge in [0.2, 0.25) is 5.91 Å². The van der Waals surface area contributed by atoms with E-state index in [-0.39, 0.29) is 18.0 Å². The number of carbonyl (C=O) groups is 1. The van der Waals surface area contributed by atoms with Crippen LogP contribution >= 0.6 is 11.6 Å². The third kappa shape index (κ3) is 3.96. The number of fused-ring (bicyclic) bond motifs is 3. The molecule has 0 aliphatic carbocycles. The molecule has 1 amide bonds. The van der Waals surface area contributed by atoms with E-state index in [1.165, 1.54) is 4.68 Å². The van der Waals surface area contributed by atoms with E-state index in [1.54, 1.807) is 6.20 Å². The summed E-state index contributed by atoms with van der Waals surface area (Å²) in [5.74, 6) is -0.240. The van der Waals surface area contributed by atoms with Crippen molar-refractivity contribution in [2.75, 3.05) is 6.54 Å². The molecule has 154 valence electrons. The highest BCUT2D eigenvalue weighted by molar-refractivity contribution is 6.30. The second kappa shape index (κ2) is 8.71. The molecule has 2 heterocycles. The Morgan fingerprint density at radius 3 is 2.63 bits per heavy atom. The maximum atomic E-state index is 13.1. The predicted molar refractivity (Wildman–Crippen MR) is 120 cm³/mol. The molecule has 7 heteroatoms. The highest BCUT2D eigenvalue weighted by Crippen LogP contribution is 2.26. The monoisotopic (exact) mass is 422 g/mol. The van der Waals surface area contributed by atoms with Crippen LogP contribution in [0.4, 0.5) is 0 Å². The lowest BCUT2D eigenvalue weighted by molar-refractivity contribution is -0.121. The molecule has 0 atom stereocenters. The van der Waals surface area contributed by atoms with Gasteiger partial charge in [0.15, 0.2) is 0 Å². The molecule has 1 N–H and O–H groups in total. The molecule has 0 saturated carbocycles. The molecule has 0 saturated heterocycles. The van der Waals surface area contributed by atoms with Gasteiger partial charge in [0.25, 0.3) is 5.56 Å². The van der Waals surface area contributed by atoms with Gasteiger partial charge in [0.05, 0.1) is 6.20 Å². The van der Waals surface area contributed by atoms with E-state index in [4.69, 9.17) is 11.6 Å². The third-order valence-electron chi connectivity index (χ3n) is 5.16. The van der Waals surface area contributed by atoms with Gasteiger partial charge >= 0.3 is 0 Å². The first-order valence-electron chi connectivity index (χ1n) is 10.1. The highest BCUT2D eigenvalue weighted by atomic mass is 35.5. The molecule has 0 spiro atoms. The summed E-state index contributed by atoms with van der Waals surface area (Å²) in [6.07, 6.45) is 3.28. The Hall–Kier alpha value is -3.12. The molecule has 0 fully saturated rings. The van der Waals surface area contributed by atoms with Crippen LogP contribution in [0.5, 0.6) is 0 Å². The van der Waals surface area contributed by atoms with Crippen molar-refractivity contribution in [1.29, 1.82) is 0 Å². The fourth-order valence-corrected chi connectivity index (χ4v) is 3.88. The number of rotatable bonds is 7. The van der Waals surface area contributed by atoms with Crippen LogP contribution in [0.15, 0.2) is 59.5 Å². The summed E-state index contributed by atoms with van der Waals surface area (Å²) in [5.41, 5.74) is 2.45. The van der Waals surface area contributed by atoms with Crippen LogP contribution in [0.25, 0.3) is 21.8 Å². The SMILES string of the molecule is CCCn1c2ccccc2c2cnn(CC(=O)NCCc3ccc(Cl)cc3)c(=O)c21. The number of nitrogens with zero attached hydrogens (tertiary/aromatic N) is 3. The minimum atomic E-state index is -0.245. The predicted octanol–water partition coefficient (Wildman–Crippen LogP) is 3.77. The van der Waals surface area contributed by atoms with Crippen LogP contribution in [-0.2, 0) is 24.3 Å². The van der Waals surface area contributed by atoms with Gasteiger partial charge in [-0.2, -0.15) is 5.10 Å². The molecular weight excluding hydrogens is 400 g/mol. The Bertz CT molecular complexity index is 1260. The first kappa shape index (κ1) is 20.2. The molecule has 4 aromatic rings. The van der Waals surface area contributed by atoms with Gasteiger partial charge in [-0.1, -0.05) is 48.9 Å². The number of hydrogen-bond acceptors (Lipinski definition) is 3. The summed E-state index contributed by atoms with van der Waals surface area (Å²) < 4.78 is 3.27. The van der Waals surface area contributed by atoms with Crippen molar-refractivity contribution in [2.45, 2.75) is 32.9 Å². The molecule has 30 heavy (non-hydrogen) atoms. The maximum absolute atomic E-state index is 13.1. The van der Waals surface area contributed by atoms with E-state index in [2.05, 4.69) is 17.3 Å². The number of carbonyl (C=O) groups excluding carboxylic acids is 1. The lowest BCUT2D eigenvalue weighted by Gasteiger charge is -2.08. The molecule has 0 aliphatic heterocycles. The number of nitrogens with one attached hydrogen (secondary N) is 1. The van der Waals surface area contributed by atoms with Crippen molar-refractivity contribution in [2.24, 2.45) is 0 Å². The smallest absolute Gasteiger partial charge is 0.291 e. The third-order valence-corrected chi connectivity index (χ3v) is 5.41. The van der Waals surface area contributed by atoms with Crippen LogP contribution < -0.4 is 10.9 Å². The van der Waals surface area contributed by atoms with Crippen molar-refractivity contribution in [3.05, 3.63) is 75.7 Å². The van der Waals surface area contributed by atoms with Gasteiger partial charge < -0.3 is 9.88 Å². The molecular formula is C23H23ClN4O2. The van der Waals surface area contributed by atoms with Gasteiger partial charge in [0, 0.05) is 34.4 Å². The topological polar surface area (TPSA) is 68.9 Å². The van der Waals surface area contributed by atoms with Gasteiger partial charge in [0.1, 0.15) is 12.1 Å². The van der Waals surface area contributed by atoms with Crippen molar-refractivity contribution in [1.82, 2.24) is 19.7 Å². The van der Waals surface area contributed by atoms with Gasteiger partial charge in [-0.25, -0.2) is 4.68 Å². The highest BCUT2D eigenvalue weighted by Gasteiger charge is 2.16. The number of halogens is 1. The summed E-state index contributed by atoms with van der Waals surface area (Å²) in [4.78, 5) is 25.5. The number of hydrogen-bond donors (Lipinski definition) is 1. The molecule has 0 bridgehead atoms. The first-order valence-corrected chi connectivity index (χ1v) is 10.4. The van der Waals surface area contributed by atoms with Crippen LogP contribution in [0, 0.1) is 0 Å². The van der Waals surface area contributed by atoms with Crippen LogP contribution in [0.3, 0.4) is 0 Å². The normalized spacial score (nSPS) is 11.3. The average Bonchev–Trinajstić information content (AvgIpc) is 3.06. The number of benzene rings is 2. The van der Waals surface area contributed by atoms with E-state index in [9.17, 15) is 9.59 Å². The van der Waals surface area contributed by atoms with E-state index < -0.39 is 0 Å². The van der Waals surface area contributed by atoms with Crippen molar-refractivity contribution in [3.8, 4) is 0 Å². The molecule has 2 aromatic heterocycles. The lowest BCUT2D eigenvalue weighted by Crippen LogP contribution is -2.35. The second-order valence-corrected chi connectivity index (χ2v) is 7.70. The van der Waals surface area contributed by atoms with Crippen LogP contribution in [-0.4, -0.2) is 26.8 Å². The maximum Gasteiger partial charge on any atom is 0.291 e. The molecule has 0 aliphatic rings. The minimum Gasteiger partial charge on any atom is -0.354 e. The quantitative estimate of drug-likeness (QED) is 0.493. The largest absolute Gasteiger partial charge is 0.354 e. The van der Waals surface area contributed by atoms with Crippen molar-refractivity contribution >= 4 is 39.3 Å². The standard InChI is InChI=1S/C23H23ClN4O2/c1-2-13-27-20-6-4-3-5-18(20)19-14-26-28(23(30)22(19)27)15-21(29)25-12-11-16-7-9-17(24)10-8-16/h3-10,14H,2,11-13,15H2,1H3,(H,25,29). The summed E-state index contributed by atoms with van der Waals surface area (Å²) >= 11 is 5.89. The van der Waals surface area contributed by atoms with Crippen molar-refractivity contribution < 1.29 is 4.79 Å². The van der Waals surface area contributed by atoms with Gasteiger partial charge in [-0.05, 0) is 36.6 Å². The minimum absolute atomic E-state index is 0.108. The Balaban J connectivity index is 1.54. The van der Waals surface area contributed by atoms with Crippen LogP contribution in [0.2, 0.25) is 5.02 Å². The Labute approximate surface area is 179 Å². The zero-order valence-electron chi connectivity index (χ0n) is 16.8. The lowest BCUT2D eigenvalue weighted by atomic mass is 10.1. The van der Waals surface area contributed by atoms with E-state index >= 15 is 0 Å².